The summed E-state index contributed by atoms with van der Waals surface area (Å²) in [7, 11) is 0. The van der Waals surface area contributed by atoms with Crippen molar-refractivity contribution >= 4 is 35.9 Å². The van der Waals surface area contributed by atoms with Crippen molar-refractivity contribution in [2.75, 3.05) is 31.2 Å². The van der Waals surface area contributed by atoms with Gasteiger partial charge in [-0.1, -0.05) is 6.07 Å². The minimum atomic E-state index is -0.550. The fourth-order valence-electron chi connectivity index (χ4n) is 1.78. The number of benzene rings is 1. The normalized spacial score (nSPS) is 9.52. The summed E-state index contributed by atoms with van der Waals surface area (Å²) in [4.78, 5) is 36.5. The van der Waals surface area contributed by atoms with E-state index in [0.29, 0.717) is 5.69 Å². The molecule has 0 saturated heterocycles. The van der Waals surface area contributed by atoms with Crippen molar-refractivity contribution in [2.45, 2.75) is 13.8 Å². The first-order valence-electron chi connectivity index (χ1n) is 6.96. The smallest absolute Gasteiger partial charge is 0.338 e. The van der Waals surface area contributed by atoms with E-state index < -0.39 is 17.8 Å². The molecule has 7 nitrogen and oxygen atoms in total. The fraction of sp³-hybridized carbons (Fsp3) is 0.400. The van der Waals surface area contributed by atoms with Gasteiger partial charge >= 0.3 is 11.9 Å². The second kappa shape index (κ2) is 10.6. The summed E-state index contributed by atoms with van der Waals surface area (Å²) < 4.78 is 9.75. The highest BCUT2D eigenvalue weighted by molar-refractivity contribution is 6.00. The maximum atomic E-state index is 11.9. The number of carbonyl (C=O) groups excluding carboxylic acids is 3. The van der Waals surface area contributed by atoms with Crippen LogP contribution in [-0.4, -0.2) is 44.1 Å². The van der Waals surface area contributed by atoms with Crippen molar-refractivity contribution in [3.05, 3.63) is 29.8 Å². The largest absolute Gasteiger partial charge is 0.465 e. The van der Waals surface area contributed by atoms with Gasteiger partial charge < -0.3 is 20.1 Å². The van der Waals surface area contributed by atoms with Crippen molar-refractivity contribution < 1.29 is 23.9 Å². The Kier molecular flexibility index (Phi) is 9.60. The van der Waals surface area contributed by atoms with Crippen LogP contribution in [0.3, 0.4) is 0 Å². The van der Waals surface area contributed by atoms with Gasteiger partial charge in [-0.2, -0.15) is 0 Å². The van der Waals surface area contributed by atoms with Crippen molar-refractivity contribution in [1.29, 1.82) is 0 Å². The van der Waals surface area contributed by atoms with Crippen LogP contribution in [0, 0.1) is 0 Å². The van der Waals surface area contributed by atoms with Gasteiger partial charge in [0.05, 0.1) is 25.3 Å². The lowest BCUT2D eigenvalue weighted by Crippen LogP contribution is -2.40. The van der Waals surface area contributed by atoms with Crippen LogP contribution >= 0.6 is 12.4 Å². The van der Waals surface area contributed by atoms with Crippen molar-refractivity contribution in [2.24, 2.45) is 5.73 Å². The average Bonchev–Trinajstić information content (AvgIpc) is 2.52. The zero-order valence-electron chi connectivity index (χ0n) is 13.1. The number of carbonyl (C=O) groups is 3. The molecule has 0 aliphatic heterocycles. The lowest BCUT2D eigenvalue weighted by atomic mass is 10.2. The third-order valence-electron chi connectivity index (χ3n) is 2.74. The summed E-state index contributed by atoms with van der Waals surface area (Å²) in [5.74, 6) is -1.50. The molecule has 0 saturated carbocycles. The molecule has 0 aliphatic rings. The molecule has 0 aliphatic carbocycles. The number of amides is 1. The monoisotopic (exact) mass is 344 g/mol. The first-order chi connectivity index (χ1) is 10.5. The Morgan fingerprint density at radius 2 is 1.78 bits per heavy atom. The van der Waals surface area contributed by atoms with E-state index in [2.05, 4.69) is 0 Å². The second-order valence-electron chi connectivity index (χ2n) is 4.26. The molecule has 8 heteroatoms. The minimum Gasteiger partial charge on any atom is -0.465 e. The number of halogens is 1. The van der Waals surface area contributed by atoms with Gasteiger partial charge in [0.2, 0.25) is 5.91 Å². The zero-order chi connectivity index (χ0) is 16.5. The van der Waals surface area contributed by atoms with Crippen molar-refractivity contribution in [3.8, 4) is 0 Å². The first kappa shape index (κ1) is 20.9. The number of ether oxygens (including phenoxy) is 2. The van der Waals surface area contributed by atoms with Gasteiger partial charge in [-0.05, 0) is 32.0 Å². The maximum absolute atomic E-state index is 11.9. The summed E-state index contributed by atoms with van der Waals surface area (Å²) in [5.41, 5.74) is 6.04. The second-order valence-corrected chi connectivity index (χ2v) is 4.26. The number of esters is 2. The molecular weight excluding hydrogens is 324 g/mol. The van der Waals surface area contributed by atoms with Crippen molar-refractivity contribution in [3.63, 3.8) is 0 Å². The van der Waals surface area contributed by atoms with Gasteiger partial charge in [-0.15, -0.1) is 12.4 Å². The number of hydrogen-bond donors (Lipinski definition) is 1. The van der Waals surface area contributed by atoms with Crippen LogP contribution in [0.1, 0.15) is 24.2 Å². The SMILES string of the molecule is CCOC(=O)CN(C(=O)CN)c1cccc(C(=O)OCC)c1.Cl. The molecule has 0 spiro atoms. The van der Waals surface area contributed by atoms with E-state index in [1.165, 1.54) is 11.0 Å². The Bertz CT molecular complexity index is 550. The summed E-state index contributed by atoms with van der Waals surface area (Å²) in [6.07, 6.45) is 0. The molecular formula is C15H21ClN2O5. The number of nitrogens with two attached hydrogens (primary N) is 1. The van der Waals surface area contributed by atoms with Crippen LogP contribution in [0.2, 0.25) is 0 Å². The molecule has 0 unspecified atom stereocenters. The third-order valence-corrected chi connectivity index (χ3v) is 2.74. The van der Waals surface area contributed by atoms with Crippen LogP contribution in [0.15, 0.2) is 24.3 Å². The van der Waals surface area contributed by atoms with Gasteiger partial charge in [-0.25, -0.2) is 4.79 Å². The molecule has 1 amide bonds. The Morgan fingerprint density at radius 3 is 2.35 bits per heavy atom. The van der Waals surface area contributed by atoms with Crippen LogP contribution in [0.4, 0.5) is 5.69 Å². The van der Waals surface area contributed by atoms with Gasteiger partial charge in [0.15, 0.2) is 0 Å². The summed E-state index contributed by atoms with van der Waals surface area (Å²) in [6, 6.07) is 6.25. The van der Waals surface area contributed by atoms with Gasteiger partial charge in [0.25, 0.3) is 0 Å². The fourth-order valence-corrected chi connectivity index (χ4v) is 1.78. The predicted molar refractivity (Wildman–Crippen MR) is 87.7 cm³/mol. The van der Waals surface area contributed by atoms with Gasteiger partial charge in [0.1, 0.15) is 6.54 Å². The highest BCUT2D eigenvalue weighted by Gasteiger charge is 2.20. The first-order valence-corrected chi connectivity index (χ1v) is 6.96. The molecule has 0 atom stereocenters. The molecule has 2 N–H and O–H groups in total. The van der Waals surface area contributed by atoms with E-state index in [1.807, 2.05) is 0 Å². The molecule has 1 aromatic rings. The molecule has 0 aromatic heterocycles. The zero-order valence-corrected chi connectivity index (χ0v) is 13.9. The van der Waals surface area contributed by atoms with Crippen LogP contribution in [0.5, 0.6) is 0 Å². The standard InChI is InChI=1S/C15H20N2O5.ClH/c1-3-21-14(19)10-17(13(18)9-16)12-7-5-6-11(8-12)15(20)22-4-2;/h5-8H,3-4,9-10,16H2,1-2H3;1H. The Hall–Kier alpha value is -2.12. The topological polar surface area (TPSA) is 98.9 Å². The molecule has 23 heavy (non-hydrogen) atoms. The van der Waals surface area contributed by atoms with E-state index in [4.69, 9.17) is 15.2 Å². The van der Waals surface area contributed by atoms with E-state index in [1.54, 1.807) is 32.0 Å². The number of anilines is 1. The summed E-state index contributed by atoms with van der Waals surface area (Å²) >= 11 is 0. The Labute approximate surface area is 141 Å². The van der Waals surface area contributed by atoms with Crippen LogP contribution in [0.25, 0.3) is 0 Å². The van der Waals surface area contributed by atoms with Crippen LogP contribution in [-0.2, 0) is 19.1 Å². The van der Waals surface area contributed by atoms with E-state index in [-0.39, 0.29) is 44.3 Å². The molecule has 0 heterocycles. The average molecular weight is 345 g/mol. The predicted octanol–water partition coefficient (Wildman–Crippen LogP) is 1.14. The molecule has 1 rings (SSSR count). The maximum Gasteiger partial charge on any atom is 0.338 e. The van der Waals surface area contributed by atoms with Crippen LogP contribution < -0.4 is 10.6 Å². The quantitative estimate of drug-likeness (QED) is 0.745. The number of nitrogens with zero attached hydrogens (tertiary/aromatic N) is 1. The lowest BCUT2D eigenvalue weighted by Gasteiger charge is -2.21. The van der Waals surface area contributed by atoms with E-state index >= 15 is 0 Å². The lowest BCUT2D eigenvalue weighted by molar-refractivity contribution is -0.142. The highest BCUT2D eigenvalue weighted by atomic mass is 35.5. The summed E-state index contributed by atoms with van der Waals surface area (Å²) in [5, 5.41) is 0. The number of rotatable bonds is 7. The molecule has 128 valence electrons. The minimum absolute atomic E-state index is 0. The molecule has 1 aromatic carbocycles. The van der Waals surface area contributed by atoms with Gasteiger partial charge in [-0.3, -0.25) is 9.59 Å². The molecule has 0 radical (unpaired) electrons. The van der Waals surface area contributed by atoms with E-state index in [0.717, 1.165) is 0 Å². The molecule has 0 bridgehead atoms. The number of hydrogen-bond acceptors (Lipinski definition) is 6. The Balaban J connectivity index is 0.00000484. The molecule has 0 fully saturated rings. The van der Waals surface area contributed by atoms with Gasteiger partial charge in [0, 0.05) is 5.69 Å². The van der Waals surface area contributed by atoms with Crippen molar-refractivity contribution in [1.82, 2.24) is 0 Å². The Morgan fingerprint density at radius 1 is 1.13 bits per heavy atom. The summed E-state index contributed by atoms with van der Waals surface area (Å²) in [6.45, 7) is 3.31. The third kappa shape index (κ3) is 6.25. The van der Waals surface area contributed by atoms with E-state index in [9.17, 15) is 14.4 Å². The highest BCUT2D eigenvalue weighted by Crippen LogP contribution is 2.17.